The SMILES string of the molecule is CCCCN=C(NCC)NC1C2CCOC2C12CCCC2. The predicted molar refractivity (Wildman–Crippen MR) is 86.6 cm³/mol. The van der Waals surface area contributed by atoms with Crippen molar-refractivity contribution in [3.8, 4) is 0 Å². The van der Waals surface area contributed by atoms with Crippen LogP contribution in [0.2, 0.25) is 0 Å². The second-order valence-corrected chi connectivity index (χ2v) is 6.92. The summed E-state index contributed by atoms with van der Waals surface area (Å²) in [5, 5.41) is 7.20. The van der Waals surface area contributed by atoms with Crippen molar-refractivity contribution < 1.29 is 4.74 Å². The molecule has 0 bridgehead atoms. The number of hydrogen-bond acceptors (Lipinski definition) is 2. The molecular weight excluding hydrogens is 262 g/mol. The first-order valence-corrected chi connectivity index (χ1v) is 8.98. The largest absolute Gasteiger partial charge is 0.377 e. The second kappa shape index (κ2) is 6.55. The second-order valence-electron chi connectivity index (χ2n) is 6.92. The first kappa shape index (κ1) is 15.1. The summed E-state index contributed by atoms with van der Waals surface area (Å²) in [5.41, 5.74) is 0.405. The van der Waals surface area contributed by atoms with E-state index in [0.717, 1.165) is 25.7 Å². The molecule has 120 valence electrons. The van der Waals surface area contributed by atoms with Crippen molar-refractivity contribution in [1.29, 1.82) is 0 Å². The molecule has 0 radical (unpaired) electrons. The molecule has 2 N–H and O–H groups in total. The molecule has 3 aliphatic rings. The topological polar surface area (TPSA) is 45.7 Å². The lowest BCUT2D eigenvalue weighted by atomic mass is 9.54. The normalized spacial score (nSPS) is 33.8. The summed E-state index contributed by atoms with van der Waals surface area (Å²) in [4.78, 5) is 4.75. The minimum atomic E-state index is 0.405. The number of hydrogen-bond donors (Lipinski definition) is 2. The first-order valence-electron chi connectivity index (χ1n) is 8.98. The van der Waals surface area contributed by atoms with Gasteiger partial charge in [-0.3, -0.25) is 4.99 Å². The molecule has 0 aromatic rings. The van der Waals surface area contributed by atoms with Crippen LogP contribution in [0.5, 0.6) is 0 Å². The monoisotopic (exact) mass is 293 g/mol. The smallest absolute Gasteiger partial charge is 0.191 e. The van der Waals surface area contributed by atoms with E-state index in [1.807, 2.05) is 0 Å². The van der Waals surface area contributed by atoms with Crippen LogP contribution in [0, 0.1) is 11.3 Å². The highest BCUT2D eigenvalue weighted by Gasteiger charge is 2.65. The molecule has 3 unspecified atom stereocenters. The number of rotatable bonds is 5. The number of unbranched alkanes of at least 4 members (excludes halogenated alkanes) is 1. The van der Waals surface area contributed by atoms with Crippen LogP contribution in [0.1, 0.15) is 58.8 Å². The van der Waals surface area contributed by atoms with Gasteiger partial charge >= 0.3 is 0 Å². The van der Waals surface area contributed by atoms with Gasteiger partial charge in [-0.2, -0.15) is 0 Å². The van der Waals surface area contributed by atoms with Crippen LogP contribution in [0.25, 0.3) is 0 Å². The molecule has 2 saturated carbocycles. The van der Waals surface area contributed by atoms with Crippen molar-refractivity contribution in [3.63, 3.8) is 0 Å². The molecule has 3 fully saturated rings. The summed E-state index contributed by atoms with van der Waals surface area (Å²) in [6, 6.07) is 0.576. The molecule has 1 spiro atoms. The third kappa shape index (κ3) is 2.67. The van der Waals surface area contributed by atoms with Gasteiger partial charge in [0.05, 0.1) is 6.10 Å². The van der Waals surface area contributed by atoms with E-state index in [0.29, 0.717) is 23.5 Å². The van der Waals surface area contributed by atoms with Gasteiger partial charge in [-0.1, -0.05) is 26.2 Å². The fraction of sp³-hybridized carbons (Fsp3) is 0.941. The van der Waals surface area contributed by atoms with Crippen LogP contribution in [-0.2, 0) is 4.74 Å². The number of ether oxygens (including phenoxy) is 1. The summed E-state index contributed by atoms with van der Waals surface area (Å²) >= 11 is 0. The molecular formula is C17H31N3O. The standard InChI is InChI=1S/C17H31N3O/c1-3-5-11-19-16(18-4-2)20-14-13-8-12-21-15(13)17(14)9-6-7-10-17/h13-15H,3-12H2,1-2H3,(H2,18,19,20). The quantitative estimate of drug-likeness (QED) is 0.465. The van der Waals surface area contributed by atoms with Gasteiger partial charge in [0.1, 0.15) is 0 Å². The number of aliphatic imine (C=N–C) groups is 1. The van der Waals surface area contributed by atoms with E-state index in [1.165, 1.54) is 44.9 Å². The van der Waals surface area contributed by atoms with E-state index in [2.05, 4.69) is 24.5 Å². The fourth-order valence-corrected chi connectivity index (χ4v) is 4.72. The number of nitrogens with zero attached hydrogens (tertiary/aromatic N) is 1. The van der Waals surface area contributed by atoms with Gasteiger partial charge in [-0.25, -0.2) is 0 Å². The van der Waals surface area contributed by atoms with Crippen LogP contribution in [-0.4, -0.2) is 37.8 Å². The maximum absolute atomic E-state index is 6.06. The van der Waals surface area contributed by atoms with Gasteiger partial charge in [0.2, 0.25) is 0 Å². The van der Waals surface area contributed by atoms with E-state index in [-0.39, 0.29) is 0 Å². The van der Waals surface area contributed by atoms with Gasteiger partial charge in [0.15, 0.2) is 5.96 Å². The third-order valence-corrected chi connectivity index (χ3v) is 5.70. The Labute approximate surface area is 129 Å². The average Bonchev–Trinajstić information content (AvgIpc) is 3.13. The summed E-state index contributed by atoms with van der Waals surface area (Å²) in [6.45, 7) is 7.18. The van der Waals surface area contributed by atoms with Crippen molar-refractivity contribution in [3.05, 3.63) is 0 Å². The number of fused-ring (bicyclic) bond motifs is 2. The molecule has 0 amide bonds. The molecule has 4 heteroatoms. The lowest BCUT2D eigenvalue weighted by molar-refractivity contribution is -0.125. The molecule has 1 heterocycles. The van der Waals surface area contributed by atoms with E-state index in [4.69, 9.17) is 9.73 Å². The van der Waals surface area contributed by atoms with Gasteiger partial charge in [-0.15, -0.1) is 0 Å². The summed E-state index contributed by atoms with van der Waals surface area (Å²) in [5.74, 6) is 1.73. The molecule has 21 heavy (non-hydrogen) atoms. The van der Waals surface area contributed by atoms with Crippen molar-refractivity contribution in [1.82, 2.24) is 10.6 Å². The Morgan fingerprint density at radius 1 is 1.29 bits per heavy atom. The molecule has 3 rings (SSSR count). The summed E-state index contributed by atoms with van der Waals surface area (Å²) in [7, 11) is 0. The van der Waals surface area contributed by atoms with E-state index < -0.39 is 0 Å². The minimum Gasteiger partial charge on any atom is -0.377 e. The molecule has 1 aliphatic heterocycles. The van der Waals surface area contributed by atoms with E-state index >= 15 is 0 Å². The van der Waals surface area contributed by atoms with Gasteiger partial charge in [0.25, 0.3) is 0 Å². The zero-order chi connectivity index (χ0) is 14.7. The van der Waals surface area contributed by atoms with E-state index in [9.17, 15) is 0 Å². The molecule has 2 aliphatic carbocycles. The van der Waals surface area contributed by atoms with Crippen LogP contribution >= 0.6 is 0 Å². The van der Waals surface area contributed by atoms with Crippen molar-refractivity contribution in [2.24, 2.45) is 16.3 Å². The zero-order valence-corrected chi connectivity index (χ0v) is 13.7. The predicted octanol–water partition coefficient (Wildman–Crippen LogP) is 2.69. The number of guanidine groups is 1. The van der Waals surface area contributed by atoms with Crippen LogP contribution in [0.15, 0.2) is 4.99 Å². The van der Waals surface area contributed by atoms with Gasteiger partial charge in [0, 0.05) is 37.1 Å². The van der Waals surface area contributed by atoms with Crippen molar-refractivity contribution in [2.45, 2.75) is 70.9 Å². The van der Waals surface area contributed by atoms with Gasteiger partial charge in [-0.05, 0) is 32.6 Å². The number of nitrogens with one attached hydrogen (secondary N) is 2. The Morgan fingerprint density at radius 2 is 2.10 bits per heavy atom. The van der Waals surface area contributed by atoms with Crippen LogP contribution < -0.4 is 10.6 Å². The average molecular weight is 293 g/mol. The van der Waals surface area contributed by atoms with Crippen LogP contribution in [0.3, 0.4) is 0 Å². The fourth-order valence-electron chi connectivity index (χ4n) is 4.72. The zero-order valence-electron chi connectivity index (χ0n) is 13.7. The molecule has 1 saturated heterocycles. The van der Waals surface area contributed by atoms with Crippen LogP contribution in [0.4, 0.5) is 0 Å². The summed E-state index contributed by atoms with van der Waals surface area (Å²) in [6.07, 6.45) is 9.52. The Bertz CT molecular complexity index is 376. The Hall–Kier alpha value is -0.770. The molecule has 0 aromatic carbocycles. The Morgan fingerprint density at radius 3 is 2.81 bits per heavy atom. The maximum Gasteiger partial charge on any atom is 0.191 e. The minimum absolute atomic E-state index is 0.405. The Balaban J connectivity index is 1.67. The molecule has 4 nitrogen and oxygen atoms in total. The lowest BCUT2D eigenvalue weighted by Gasteiger charge is -2.57. The van der Waals surface area contributed by atoms with Crippen molar-refractivity contribution >= 4 is 5.96 Å². The van der Waals surface area contributed by atoms with Gasteiger partial charge < -0.3 is 15.4 Å². The van der Waals surface area contributed by atoms with E-state index in [1.54, 1.807) is 0 Å². The summed E-state index contributed by atoms with van der Waals surface area (Å²) < 4.78 is 6.06. The first-order chi connectivity index (χ1) is 10.3. The molecule has 0 aromatic heterocycles. The lowest BCUT2D eigenvalue weighted by Crippen LogP contribution is -2.69. The maximum atomic E-state index is 6.06. The Kier molecular flexibility index (Phi) is 4.72. The highest BCUT2D eigenvalue weighted by molar-refractivity contribution is 5.80. The highest BCUT2D eigenvalue weighted by Crippen LogP contribution is 2.60. The van der Waals surface area contributed by atoms with Crippen molar-refractivity contribution in [2.75, 3.05) is 19.7 Å². The third-order valence-electron chi connectivity index (χ3n) is 5.70. The highest BCUT2D eigenvalue weighted by atomic mass is 16.5. The molecule has 3 atom stereocenters.